The number of rotatable bonds is 4. The molecule has 0 aliphatic carbocycles. The molecule has 5 nitrogen and oxygen atoms in total. The lowest BCUT2D eigenvalue weighted by atomic mass is 10.1. The van der Waals surface area contributed by atoms with Gasteiger partial charge in [-0.05, 0) is 49.9 Å². The molecule has 160 valence electrons. The van der Waals surface area contributed by atoms with E-state index in [0.717, 1.165) is 41.4 Å². The molecule has 2 heterocycles. The summed E-state index contributed by atoms with van der Waals surface area (Å²) in [6.07, 6.45) is 2.51. The van der Waals surface area contributed by atoms with Crippen LogP contribution in [0.3, 0.4) is 0 Å². The number of carbonyl (C=O) groups is 1. The first kappa shape index (κ1) is 21.2. The second kappa shape index (κ2) is 9.41. The van der Waals surface area contributed by atoms with E-state index in [1.165, 1.54) is 5.56 Å². The highest BCUT2D eigenvalue weighted by atomic mass is 32.2. The maximum Gasteiger partial charge on any atom is 0.255 e. The summed E-state index contributed by atoms with van der Waals surface area (Å²) in [4.78, 5) is 18.6. The Labute approximate surface area is 183 Å². The number of hydrogen-bond acceptors (Lipinski definition) is 5. The number of fused-ring (bicyclic) bond motifs is 1. The quantitative estimate of drug-likeness (QED) is 0.690. The van der Waals surface area contributed by atoms with E-state index >= 15 is 0 Å². The zero-order valence-electron chi connectivity index (χ0n) is 18.0. The van der Waals surface area contributed by atoms with Crippen molar-refractivity contribution in [2.45, 2.75) is 44.0 Å². The lowest BCUT2D eigenvalue weighted by Crippen LogP contribution is -2.44. The molecule has 6 heteroatoms. The Morgan fingerprint density at radius 2 is 1.90 bits per heavy atom. The zero-order valence-corrected chi connectivity index (χ0v) is 18.8. The Balaban J connectivity index is 1.52. The first-order valence-corrected chi connectivity index (χ1v) is 11.8. The van der Waals surface area contributed by atoms with Gasteiger partial charge in [-0.1, -0.05) is 18.2 Å². The Morgan fingerprint density at radius 3 is 2.67 bits per heavy atom. The standard InChI is InChI=1S/C24H30N2O3S/c1-17-13-25(14-18(2)29-17)15-19-8-9-22-20(12-19)16-26(10-11-28-22)24(27)21-6-4-5-7-23(21)30-3/h4-9,12,17-18H,10-11,13-16H2,1-3H3/t17-,18+. The van der Waals surface area contributed by atoms with Crippen molar-refractivity contribution in [2.75, 3.05) is 32.5 Å². The van der Waals surface area contributed by atoms with Crippen molar-refractivity contribution >= 4 is 17.7 Å². The van der Waals surface area contributed by atoms with Crippen LogP contribution in [0.2, 0.25) is 0 Å². The van der Waals surface area contributed by atoms with E-state index in [2.05, 4.69) is 36.9 Å². The third-order valence-electron chi connectivity index (χ3n) is 5.63. The summed E-state index contributed by atoms with van der Waals surface area (Å²) >= 11 is 1.61. The molecule has 0 bridgehead atoms. The second-order valence-corrected chi connectivity index (χ2v) is 9.02. The van der Waals surface area contributed by atoms with Gasteiger partial charge in [0.05, 0.1) is 24.3 Å². The van der Waals surface area contributed by atoms with Crippen LogP contribution in [-0.4, -0.2) is 60.4 Å². The van der Waals surface area contributed by atoms with Crippen LogP contribution >= 0.6 is 11.8 Å². The molecule has 0 saturated carbocycles. The highest BCUT2D eigenvalue weighted by molar-refractivity contribution is 7.98. The molecule has 0 radical (unpaired) electrons. The minimum Gasteiger partial charge on any atom is -0.491 e. The topological polar surface area (TPSA) is 42.0 Å². The first-order chi connectivity index (χ1) is 14.5. The summed E-state index contributed by atoms with van der Waals surface area (Å²) in [5, 5.41) is 0. The van der Waals surface area contributed by atoms with Gasteiger partial charge in [0.15, 0.2) is 0 Å². The van der Waals surface area contributed by atoms with Gasteiger partial charge in [-0.2, -0.15) is 0 Å². The van der Waals surface area contributed by atoms with E-state index in [0.29, 0.717) is 19.7 Å². The molecule has 0 spiro atoms. The molecular formula is C24H30N2O3S. The molecule has 2 aliphatic heterocycles. The molecule has 2 atom stereocenters. The molecular weight excluding hydrogens is 396 g/mol. The summed E-state index contributed by atoms with van der Waals surface area (Å²) in [5.74, 6) is 0.952. The molecule has 1 saturated heterocycles. The summed E-state index contributed by atoms with van der Waals surface area (Å²) in [7, 11) is 0. The van der Waals surface area contributed by atoms with Crippen LogP contribution in [0.1, 0.15) is 35.3 Å². The first-order valence-electron chi connectivity index (χ1n) is 10.6. The predicted molar refractivity (Wildman–Crippen MR) is 120 cm³/mol. The second-order valence-electron chi connectivity index (χ2n) is 8.17. The van der Waals surface area contributed by atoms with Gasteiger partial charge in [-0.25, -0.2) is 0 Å². The minimum absolute atomic E-state index is 0.0673. The molecule has 2 aromatic carbocycles. The molecule has 2 aromatic rings. The molecule has 1 amide bonds. The Bertz CT molecular complexity index is 894. The molecule has 4 rings (SSSR count). The summed E-state index contributed by atoms with van der Waals surface area (Å²) < 4.78 is 11.8. The van der Waals surface area contributed by atoms with Crippen LogP contribution in [-0.2, 0) is 17.8 Å². The number of benzene rings is 2. The SMILES string of the molecule is CSc1ccccc1C(=O)N1CCOc2ccc(CN3C[C@@H](C)O[C@@H](C)C3)cc2C1. The van der Waals surface area contributed by atoms with Crippen LogP contribution < -0.4 is 4.74 Å². The van der Waals surface area contributed by atoms with Crippen molar-refractivity contribution in [1.82, 2.24) is 9.80 Å². The Morgan fingerprint density at radius 1 is 1.13 bits per heavy atom. The van der Waals surface area contributed by atoms with Gasteiger partial charge in [-0.15, -0.1) is 11.8 Å². The van der Waals surface area contributed by atoms with Crippen LogP contribution in [0.15, 0.2) is 47.4 Å². The number of carbonyl (C=O) groups excluding carboxylic acids is 1. The number of ether oxygens (including phenoxy) is 2. The molecule has 2 aliphatic rings. The van der Waals surface area contributed by atoms with Gasteiger partial charge in [0, 0.05) is 36.6 Å². The van der Waals surface area contributed by atoms with Gasteiger partial charge in [0.2, 0.25) is 0 Å². The fraction of sp³-hybridized carbons (Fsp3) is 0.458. The van der Waals surface area contributed by atoms with Gasteiger partial charge >= 0.3 is 0 Å². The monoisotopic (exact) mass is 426 g/mol. The third kappa shape index (κ3) is 4.82. The average molecular weight is 427 g/mol. The summed E-state index contributed by atoms with van der Waals surface area (Å²) in [5.41, 5.74) is 3.09. The van der Waals surface area contributed by atoms with Crippen molar-refractivity contribution in [3.05, 3.63) is 59.2 Å². The maximum absolute atomic E-state index is 13.3. The number of thioether (sulfide) groups is 1. The normalized spacial score (nSPS) is 22.2. The van der Waals surface area contributed by atoms with E-state index in [4.69, 9.17) is 9.47 Å². The average Bonchev–Trinajstić information content (AvgIpc) is 2.94. The lowest BCUT2D eigenvalue weighted by Gasteiger charge is -2.35. The Kier molecular flexibility index (Phi) is 6.66. The maximum atomic E-state index is 13.3. The van der Waals surface area contributed by atoms with Crippen molar-refractivity contribution < 1.29 is 14.3 Å². The van der Waals surface area contributed by atoms with Crippen LogP contribution in [0.25, 0.3) is 0 Å². The zero-order chi connectivity index (χ0) is 21.1. The molecule has 0 unspecified atom stereocenters. The summed E-state index contributed by atoms with van der Waals surface area (Å²) in [6.45, 7) is 8.69. The van der Waals surface area contributed by atoms with Gasteiger partial charge in [0.1, 0.15) is 12.4 Å². The third-order valence-corrected chi connectivity index (χ3v) is 6.43. The van der Waals surface area contributed by atoms with E-state index < -0.39 is 0 Å². The van der Waals surface area contributed by atoms with E-state index in [1.807, 2.05) is 35.4 Å². The fourth-order valence-corrected chi connectivity index (χ4v) is 4.97. The molecule has 0 aromatic heterocycles. The van der Waals surface area contributed by atoms with Crippen LogP contribution in [0.4, 0.5) is 0 Å². The van der Waals surface area contributed by atoms with E-state index in [9.17, 15) is 4.79 Å². The molecule has 0 N–H and O–H groups in total. The Hall–Kier alpha value is -2.02. The van der Waals surface area contributed by atoms with E-state index in [-0.39, 0.29) is 18.1 Å². The lowest BCUT2D eigenvalue weighted by molar-refractivity contribution is -0.0705. The highest BCUT2D eigenvalue weighted by Gasteiger charge is 2.25. The molecule has 30 heavy (non-hydrogen) atoms. The number of amides is 1. The van der Waals surface area contributed by atoms with Crippen molar-refractivity contribution in [3.63, 3.8) is 0 Å². The number of morpholine rings is 1. The van der Waals surface area contributed by atoms with Gasteiger partial charge in [-0.3, -0.25) is 9.69 Å². The smallest absolute Gasteiger partial charge is 0.255 e. The van der Waals surface area contributed by atoms with Crippen molar-refractivity contribution in [3.8, 4) is 5.75 Å². The highest BCUT2D eigenvalue weighted by Crippen LogP contribution is 2.28. The van der Waals surface area contributed by atoms with Crippen LogP contribution in [0.5, 0.6) is 5.75 Å². The van der Waals surface area contributed by atoms with E-state index in [1.54, 1.807) is 11.8 Å². The van der Waals surface area contributed by atoms with Crippen LogP contribution in [0, 0.1) is 0 Å². The summed E-state index contributed by atoms with van der Waals surface area (Å²) in [6, 6.07) is 14.2. The number of nitrogens with zero attached hydrogens (tertiary/aromatic N) is 2. The molecule has 1 fully saturated rings. The van der Waals surface area contributed by atoms with Crippen molar-refractivity contribution in [1.29, 1.82) is 0 Å². The van der Waals surface area contributed by atoms with Gasteiger partial charge in [0.25, 0.3) is 5.91 Å². The fourth-order valence-electron chi connectivity index (χ4n) is 4.38. The predicted octanol–water partition coefficient (Wildman–Crippen LogP) is 4.05. The van der Waals surface area contributed by atoms with Gasteiger partial charge < -0.3 is 14.4 Å². The number of hydrogen-bond donors (Lipinski definition) is 0. The van der Waals surface area contributed by atoms with Crippen molar-refractivity contribution in [2.24, 2.45) is 0 Å². The minimum atomic E-state index is 0.0673. The largest absolute Gasteiger partial charge is 0.491 e.